The number of nitrogens with zero attached hydrogens (tertiary/aromatic N) is 2. The van der Waals surface area contributed by atoms with Crippen LogP contribution in [0.3, 0.4) is 0 Å². The molecule has 2 aromatic rings. The number of amides is 1. The zero-order chi connectivity index (χ0) is 14.5. The summed E-state index contributed by atoms with van der Waals surface area (Å²) >= 11 is 0. The van der Waals surface area contributed by atoms with E-state index in [1.165, 1.54) is 29.2 Å². The number of aromatic amines is 1. The van der Waals surface area contributed by atoms with Gasteiger partial charge in [0.1, 0.15) is 11.6 Å². The second kappa shape index (κ2) is 6.14. The average Bonchev–Trinajstić information content (AvgIpc) is 2.91. The number of benzene rings is 1. The van der Waals surface area contributed by atoms with E-state index in [2.05, 4.69) is 14.7 Å². The fraction of sp³-hybridized carbons (Fsp3) is 0.231. The minimum atomic E-state index is -2.88. The number of hydrogen-bond acceptors (Lipinski definition) is 3. The van der Waals surface area contributed by atoms with Gasteiger partial charge in [-0.2, -0.15) is 8.78 Å². The van der Waals surface area contributed by atoms with Gasteiger partial charge >= 0.3 is 6.61 Å². The highest BCUT2D eigenvalue weighted by atomic mass is 19.3. The van der Waals surface area contributed by atoms with E-state index in [0.717, 1.165) is 0 Å². The molecular weight excluding hydrogens is 268 g/mol. The van der Waals surface area contributed by atoms with Crippen molar-refractivity contribution in [2.75, 3.05) is 7.05 Å². The maximum atomic E-state index is 12.1. The van der Waals surface area contributed by atoms with Gasteiger partial charge in [-0.1, -0.05) is 0 Å². The van der Waals surface area contributed by atoms with Gasteiger partial charge in [-0.3, -0.25) is 4.79 Å². The fourth-order valence-corrected chi connectivity index (χ4v) is 1.68. The van der Waals surface area contributed by atoms with Crippen LogP contribution < -0.4 is 4.74 Å². The van der Waals surface area contributed by atoms with Crippen LogP contribution in [0, 0.1) is 0 Å². The Balaban J connectivity index is 2.01. The normalized spacial score (nSPS) is 10.6. The first-order valence-electron chi connectivity index (χ1n) is 5.85. The fourth-order valence-electron chi connectivity index (χ4n) is 1.68. The Morgan fingerprint density at radius 2 is 2.10 bits per heavy atom. The Morgan fingerprint density at radius 1 is 1.40 bits per heavy atom. The van der Waals surface area contributed by atoms with Gasteiger partial charge in [-0.05, 0) is 24.3 Å². The van der Waals surface area contributed by atoms with Crippen LogP contribution in [0.15, 0.2) is 36.7 Å². The Hall–Kier alpha value is -2.44. The number of carbonyl (C=O) groups is 1. The number of rotatable bonds is 5. The van der Waals surface area contributed by atoms with E-state index in [4.69, 9.17) is 0 Å². The predicted molar refractivity (Wildman–Crippen MR) is 67.5 cm³/mol. The molecule has 5 nitrogen and oxygen atoms in total. The number of imidazole rings is 1. The number of H-pyrrole nitrogens is 1. The van der Waals surface area contributed by atoms with Crippen molar-refractivity contribution in [2.24, 2.45) is 0 Å². The zero-order valence-corrected chi connectivity index (χ0v) is 10.7. The molecule has 0 saturated carbocycles. The Morgan fingerprint density at radius 3 is 2.65 bits per heavy atom. The summed E-state index contributed by atoms with van der Waals surface area (Å²) in [7, 11) is 1.63. The third-order valence-corrected chi connectivity index (χ3v) is 2.61. The van der Waals surface area contributed by atoms with Crippen LogP contribution in [0.2, 0.25) is 0 Å². The molecule has 1 N–H and O–H groups in total. The molecule has 0 spiro atoms. The summed E-state index contributed by atoms with van der Waals surface area (Å²) in [5.74, 6) is 0.453. The molecule has 0 unspecified atom stereocenters. The molecule has 0 atom stereocenters. The van der Waals surface area contributed by atoms with Crippen molar-refractivity contribution >= 4 is 5.91 Å². The minimum absolute atomic E-state index is 0.0187. The highest BCUT2D eigenvalue weighted by Crippen LogP contribution is 2.16. The van der Waals surface area contributed by atoms with E-state index in [0.29, 0.717) is 17.9 Å². The van der Waals surface area contributed by atoms with Gasteiger partial charge in [-0.15, -0.1) is 0 Å². The molecule has 20 heavy (non-hydrogen) atoms. The van der Waals surface area contributed by atoms with Gasteiger partial charge in [-0.25, -0.2) is 4.98 Å². The van der Waals surface area contributed by atoms with E-state index in [-0.39, 0.29) is 11.7 Å². The lowest BCUT2D eigenvalue weighted by Crippen LogP contribution is -2.26. The third-order valence-electron chi connectivity index (χ3n) is 2.61. The number of aromatic nitrogens is 2. The summed E-state index contributed by atoms with van der Waals surface area (Å²) in [6, 6.07) is 5.55. The quantitative estimate of drug-likeness (QED) is 0.914. The number of carbonyl (C=O) groups excluding carboxylic acids is 1. The van der Waals surface area contributed by atoms with Crippen LogP contribution in [0.25, 0.3) is 0 Å². The number of halogens is 2. The van der Waals surface area contributed by atoms with E-state index < -0.39 is 6.61 Å². The Bertz CT molecular complexity index is 556. The molecule has 7 heteroatoms. The van der Waals surface area contributed by atoms with E-state index in [9.17, 15) is 13.6 Å². The first-order chi connectivity index (χ1) is 9.56. The second-order valence-electron chi connectivity index (χ2n) is 4.10. The van der Waals surface area contributed by atoms with Gasteiger partial charge in [0, 0.05) is 25.0 Å². The van der Waals surface area contributed by atoms with E-state index >= 15 is 0 Å². The van der Waals surface area contributed by atoms with Crippen molar-refractivity contribution in [3.8, 4) is 5.75 Å². The molecule has 2 rings (SSSR count). The van der Waals surface area contributed by atoms with Crippen molar-refractivity contribution in [3.05, 3.63) is 48.0 Å². The van der Waals surface area contributed by atoms with Crippen LogP contribution in [0.4, 0.5) is 8.78 Å². The molecule has 1 aromatic carbocycles. The molecule has 0 aliphatic rings. The van der Waals surface area contributed by atoms with Crippen LogP contribution in [0.1, 0.15) is 16.2 Å². The highest BCUT2D eigenvalue weighted by molar-refractivity contribution is 5.94. The van der Waals surface area contributed by atoms with Gasteiger partial charge < -0.3 is 14.6 Å². The summed E-state index contributed by atoms with van der Waals surface area (Å²) in [6.45, 7) is -2.54. The predicted octanol–water partition coefficient (Wildman–Crippen LogP) is 2.28. The molecular formula is C13H13F2N3O2. The summed E-state index contributed by atoms with van der Waals surface area (Å²) in [5, 5.41) is 0. The molecule has 1 heterocycles. The number of nitrogens with one attached hydrogen (secondary N) is 1. The standard InChI is InChI=1S/C13H13F2N3O2/c1-18(8-11-16-6-7-17-11)12(19)9-2-4-10(5-3-9)20-13(14)15/h2-7,13H,8H2,1H3,(H,16,17). The molecule has 0 aliphatic heterocycles. The summed E-state index contributed by atoms with van der Waals surface area (Å²) in [5.41, 5.74) is 0.390. The van der Waals surface area contributed by atoms with Gasteiger partial charge in [0.25, 0.3) is 5.91 Å². The molecule has 0 saturated heterocycles. The first-order valence-corrected chi connectivity index (χ1v) is 5.85. The lowest BCUT2D eigenvalue weighted by Gasteiger charge is -2.16. The number of ether oxygens (including phenoxy) is 1. The van der Waals surface area contributed by atoms with Crippen molar-refractivity contribution < 1.29 is 18.3 Å². The largest absolute Gasteiger partial charge is 0.435 e. The minimum Gasteiger partial charge on any atom is -0.435 e. The molecule has 0 radical (unpaired) electrons. The van der Waals surface area contributed by atoms with Crippen molar-refractivity contribution in [1.82, 2.24) is 14.9 Å². The molecule has 1 aromatic heterocycles. The maximum Gasteiger partial charge on any atom is 0.387 e. The SMILES string of the molecule is CN(Cc1ncc[nH]1)C(=O)c1ccc(OC(F)F)cc1. The topological polar surface area (TPSA) is 58.2 Å². The van der Waals surface area contributed by atoms with Gasteiger partial charge in [0.15, 0.2) is 0 Å². The lowest BCUT2D eigenvalue weighted by molar-refractivity contribution is -0.0498. The Labute approximate surface area is 114 Å². The maximum absolute atomic E-state index is 12.1. The van der Waals surface area contributed by atoms with Gasteiger partial charge in [0.2, 0.25) is 0 Å². The van der Waals surface area contributed by atoms with Crippen LogP contribution in [-0.4, -0.2) is 34.4 Å². The van der Waals surface area contributed by atoms with Crippen molar-refractivity contribution in [1.29, 1.82) is 0 Å². The number of hydrogen-bond donors (Lipinski definition) is 1. The first kappa shape index (κ1) is 14.0. The monoisotopic (exact) mass is 281 g/mol. The lowest BCUT2D eigenvalue weighted by atomic mass is 10.2. The molecule has 0 fully saturated rings. The van der Waals surface area contributed by atoms with Gasteiger partial charge in [0.05, 0.1) is 6.54 Å². The second-order valence-corrected chi connectivity index (χ2v) is 4.10. The van der Waals surface area contributed by atoms with E-state index in [1.807, 2.05) is 0 Å². The molecule has 106 valence electrons. The number of alkyl halides is 2. The third kappa shape index (κ3) is 3.53. The highest BCUT2D eigenvalue weighted by Gasteiger charge is 2.13. The zero-order valence-electron chi connectivity index (χ0n) is 10.7. The molecule has 1 amide bonds. The van der Waals surface area contributed by atoms with Crippen LogP contribution in [0.5, 0.6) is 5.75 Å². The molecule has 0 aliphatic carbocycles. The van der Waals surface area contributed by atoms with Crippen LogP contribution in [-0.2, 0) is 6.54 Å². The summed E-state index contributed by atoms with van der Waals surface area (Å²) < 4.78 is 28.2. The van der Waals surface area contributed by atoms with E-state index in [1.54, 1.807) is 19.4 Å². The van der Waals surface area contributed by atoms with Crippen molar-refractivity contribution in [2.45, 2.75) is 13.2 Å². The van der Waals surface area contributed by atoms with Crippen molar-refractivity contribution in [3.63, 3.8) is 0 Å². The smallest absolute Gasteiger partial charge is 0.387 e. The molecule has 0 bridgehead atoms. The van der Waals surface area contributed by atoms with Crippen LogP contribution >= 0.6 is 0 Å². The summed E-state index contributed by atoms with van der Waals surface area (Å²) in [6.07, 6.45) is 3.27. The Kier molecular flexibility index (Phi) is 4.29. The average molecular weight is 281 g/mol. The summed E-state index contributed by atoms with van der Waals surface area (Å²) in [4.78, 5) is 20.5.